The third kappa shape index (κ3) is 13.1. The zero-order valence-electron chi connectivity index (χ0n) is 11.8. The minimum absolute atomic E-state index is 0.167. The number of unbranched alkanes of at least 4 members (excludes halogenated alkanes) is 5. The summed E-state index contributed by atoms with van der Waals surface area (Å²) in [5.74, 6) is -0.167. The summed E-state index contributed by atoms with van der Waals surface area (Å²) in [6.45, 7) is 6.51. The van der Waals surface area contributed by atoms with Crippen LogP contribution >= 0.6 is 0 Å². The zero-order valence-corrected chi connectivity index (χ0v) is 11.8. The third-order valence-corrected chi connectivity index (χ3v) is 2.82. The Morgan fingerprint density at radius 1 is 1.06 bits per heavy atom. The second kappa shape index (κ2) is 11.7. The van der Waals surface area contributed by atoms with Gasteiger partial charge < -0.3 is 4.74 Å². The molecule has 17 heavy (non-hydrogen) atoms. The summed E-state index contributed by atoms with van der Waals surface area (Å²) in [6, 6.07) is 0. The number of carbonyl (C=O) groups excluding carboxylic acids is 1. The van der Waals surface area contributed by atoms with Gasteiger partial charge in [0.2, 0.25) is 0 Å². The lowest BCUT2D eigenvalue weighted by molar-refractivity contribution is -0.141. The highest BCUT2D eigenvalue weighted by molar-refractivity contribution is 5.65. The van der Waals surface area contributed by atoms with Gasteiger partial charge in [0.1, 0.15) is 0 Å². The van der Waals surface area contributed by atoms with E-state index in [9.17, 15) is 4.79 Å². The van der Waals surface area contributed by atoms with Gasteiger partial charge in [-0.3, -0.25) is 4.79 Å². The maximum absolute atomic E-state index is 10.5. The van der Waals surface area contributed by atoms with Crippen LogP contribution in [0.25, 0.3) is 0 Å². The van der Waals surface area contributed by atoms with Crippen LogP contribution in [0.1, 0.15) is 72.1 Å². The predicted octanol–water partition coefficient (Wildman–Crippen LogP) is 4.64. The normalized spacial score (nSPS) is 11.6. The third-order valence-electron chi connectivity index (χ3n) is 2.82. The second-order valence-electron chi connectivity index (χ2n) is 4.70. The Bertz CT molecular complexity index is 219. The molecule has 0 atom stereocenters. The first kappa shape index (κ1) is 16.2. The van der Waals surface area contributed by atoms with Crippen LogP contribution in [0.15, 0.2) is 11.6 Å². The van der Waals surface area contributed by atoms with Crippen LogP contribution in [0.5, 0.6) is 0 Å². The molecule has 0 amide bonds. The van der Waals surface area contributed by atoms with Gasteiger partial charge in [-0.2, -0.15) is 0 Å². The van der Waals surface area contributed by atoms with Crippen LogP contribution in [0.3, 0.4) is 0 Å². The number of carbonyl (C=O) groups is 1. The monoisotopic (exact) mass is 240 g/mol. The average Bonchev–Trinajstić information content (AvgIpc) is 2.29. The highest BCUT2D eigenvalue weighted by Crippen LogP contribution is 2.10. The molecule has 0 radical (unpaired) electrons. The fraction of sp³-hybridized carbons (Fsp3) is 0.800. The smallest absolute Gasteiger partial charge is 0.302 e. The summed E-state index contributed by atoms with van der Waals surface area (Å²) in [6.07, 6.45) is 12.1. The SMILES string of the molecule is CCCC/C(C)=C/CCCCCCOC(C)=O. The van der Waals surface area contributed by atoms with Gasteiger partial charge in [0, 0.05) is 6.92 Å². The molecular weight excluding hydrogens is 212 g/mol. The van der Waals surface area contributed by atoms with Gasteiger partial charge in [0.05, 0.1) is 6.61 Å². The van der Waals surface area contributed by atoms with E-state index in [1.165, 1.54) is 51.0 Å². The van der Waals surface area contributed by atoms with E-state index in [4.69, 9.17) is 4.74 Å². The minimum atomic E-state index is -0.167. The summed E-state index contributed by atoms with van der Waals surface area (Å²) in [4.78, 5) is 10.5. The van der Waals surface area contributed by atoms with Crippen molar-refractivity contribution in [3.05, 3.63) is 11.6 Å². The van der Waals surface area contributed by atoms with Crippen molar-refractivity contribution in [3.63, 3.8) is 0 Å². The molecule has 0 heterocycles. The summed E-state index contributed by atoms with van der Waals surface area (Å²) < 4.78 is 4.88. The Hall–Kier alpha value is -0.790. The lowest BCUT2D eigenvalue weighted by Crippen LogP contribution is -1.99. The number of rotatable bonds is 10. The molecule has 0 rings (SSSR count). The van der Waals surface area contributed by atoms with E-state index >= 15 is 0 Å². The largest absolute Gasteiger partial charge is 0.466 e. The van der Waals surface area contributed by atoms with Crippen molar-refractivity contribution < 1.29 is 9.53 Å². The van der Waals surface area contributed by atoms with E-state index in [-0.39, 0.29) is 5.97 Å². The van der Waals surface area contributed by atoms with Gasteiger partial charge in [-0.25, -0.2) is 0 Å². The fourth-order valence-electron chi connectivity index (χ4n) is 1.72. The van der Waals surface area contributed by atoms with Gasteiger partial charge in [-0.05, 0) is 39.0 Å². The molecule has 0 N–H and O–H groups in total. The Morgan fingerprint density at radius 3 is 2.41 bits per heavy atom. The van der Waals surface area contributed by atoms with Crippen LogP contribution < -0.4 is 0 Å². The maximum Gasteiger partial charge on any atom is 0.302 e. The average molecular weight is 240 g/mol. The Morgan fingerprint density at radius 2 is 1.76 bits per heavy atom. The first-order valence-electron chi connectivity index (χ1n) is 6.95. The molecule has 0 saturated carbocycles. The standard InChI is InChI=1S/C15H28O2/c1-4-5-11-14(2)12-9-7-6-8-10-13-17-15(3)16/h12H,4-11,13H2,1-3H3/b14-12+. The molecule has 0 bridgehead atoms. The zero-order chi connectivity index (χ0) is 12.9. The maximum atomic E-state index is 10.5. The highest BCUT2D eigenvalue weighted by Gasteiger charge is 1.94. The Labute approximate surface area is 106 Å². The van der Waals surface area contributed by atoms with Gasteiger partial charge in [-0.1, -0.05) is 37.8 Å². The molecule has 0 aliphatic rings. The van der Waals surface area contributed by atoms with Crippen LogP contribution in [0.2, 0.25) is 0 Å². The topological polar surface area (TPSA) is 26.3 Å². The Balaban J connectivity index is 3.25. The molecule has 0 spiro atoms. The van der Waals surface area contributed by atoms with Crippen molar-refractivity contribution in [3.8, 4) is 0 Å². The van der Waals surface area contributed by atoms with Crippen LogP contribution in [-0.4, -0.2) is 12.6 Å². The summed E-state index contributed by atoms with van der Waals surface area (Å²) in [7, 11) is 0. The first-order valence-corrected chi connectivity index (χ1v) is 6.95. The van der Waals surface area contributed by atoms with E-state index in [2.05, 4.69) is 19.9 Å². The molecule has 100 valence electrons. The molecule has 0 aromatic heterocycles. The number of hydrogen-bond acceptors (Lipinski definition) is 2. The van der Waals surface area contributed by atoms with Crippen LogP contribution in [0, 0.1) is 0 Å². The van der Waals surface area contributed by atoms with E-state index in [0.717, 1.165) is 12.8 Å². The quantitative estimate of drug-likeness (QED) is 0.316. The molecular formula is C15H28O2. The van der Waals surface area contributed by atoms with Gasteiger partial charge >= 0.3 is 5.97 Å². The predicted molar refractivity (Wildman–Crippen MR) is 73.0 cm³/mol. The number of esters is 1. The molecule has 0 saturated heterocycles. The number of ether oxygens (including phenoxy) is 1. The number of hydrogen-bond donors (Lipinski definition) is 0. The van der Waals surface area contributed by atoms with E-state index in [0.29, 0.717) is 6.61 Å². The summed E-state index contributed by atoms with van der Waals surface area (Å²) in [5, 5.41) is 0. The van der Waals surface area contributed by atoms with Crippen molar-refractivity contribution in [2.75, 3.05) is 6.61 Å². The molecule has 0 fully saturated rings. The lowest BCUT2D eigenvalue weighted by Gasteiger charge is -2.02. The van der Waals surface area contributed by atoms with Crippen molar-refractivity contribution >= 4 is 5.97 Å². The molecule has 0 aliphatic heterocycles. The van der Waals surface area contributed by atoms with E-state index < -0.39 is 0 Å². The van der Waals surface area contributed by atoms with Gasteiger partial charge in [0.25, 0.3) is 0 Å². The van der Waals surface area contributed by atoms with Crippen molar-refractivity contribution in [1.29, 1.82) is 0 Å². The van der Waals surface area contributed by atoms with Crippen molar-refractivity contribution in [1.82, 2.24) is 0 Å². The molecule has 0 aliphatic carbocycles. The molecule has 0 aromatic carbocycles. The van der Waals surface area contributed by atoms with Gasteiger partial charge in [-0.15, -0.1) is 0 Å². The molecule has 0 aromatic rings. The molecule has 2 heteroatoms. The Kier molecular flexibility index (Phi) is 11.1. The van der Waals surface area contributed by atoms with E-state index in [1.807, 2.05) is 0 Å². The van der Waals surface area contributed by atoms with Crippen LogP contribution in [-0.2, 0) is 9.53 Å². The van der Waals surface area contributed by atoms with E-state index in [1.54, 1.807) is 0 Å². The van der Waals surface area contributed by atoms with Crippen LogP contribution in [0.4, 0.5) is 0 Å². The fourth-order valence-corrected chi connectivity index (χ4v) is 1.72. The number of allylic oxidation sites excluding steroid dienone is 2. The molecule has 2 nitrogen and oxygen atoms in total. The summed E-state index contributed by atoms with van der Waals surface area (Å²) >= 11 is 0. The second-order valence-corrected chi connectivity index (χ2v) is 4.70. The summed E-state index contributed by atoms with van der Waals surface area (Å²) in [5.41, 5.74) is 1.53. The van der Waals surface area contributed by atoms with Gasteiger partial charge in [0.15, 0.2) is 0 Å². The highest BCUT2D eigenvalue weighted by atomic mass is 16.5. The minimum Gasteiger partial charge on any atom is -0.466 e. The van der Waals surface area contributed by atoms with Crippen molar-refractivity contribution in [2.24, 2.45) is 0 Å². The lowest BCUT2D eigenvalue weighted by atomic mass is 10.1. The van der Waals surface area contributed by atoms with Crippen molar-refractivity contribution in [2.45, 2.75) is 72.1 Å². The molecule has 0 unspecified atom stereocenters. The first-order chi connectivity index (χ1) is 8.16.